The van der Waals surface area contributed by atoms with Gasteiger partial charge in [-0.3, -0.25) is 0 Å². The third-order valence-corrected chi connectivity index (χ3v) is 2.36. The van der Waals surface area contributed by atoms with Gasteiger partial charge in [-0.1, -0.05) is 13.3 Å². The smallest absolute Gasteiger partial charge is 0.335 e. The zero-order chi connectivity index (χ0) is 12.7. The summed E-state index contributed by atoms with van der Waals surface area (Å²) >= 11 is 0. The van der Waals surface area contributed by atoms with Crippen LogP contribution in [0.1, 0.15) is 30.1 Å². The number of carboxylic acids is 1. The molecule has 0 radical (unpaired) electrons. The monoisotopic (exact) mass is 238 g/mol. The van der Waals surface area contributed by atoms with E-state index in [1.807, 2.05) is 0 Å². The second-order valence-electron chi connectivity index (χ2n) is 3.82. The lowest BCUT2D eigenvalue weighted by Gasteiger charge is -2.17. The molecule has 0 aromatic carbocycles. The zero-order valence-electron chi connectivity index (χ0n) is 10.1. The number of hydrogen-bond donors (Lipinski definition) is 2. The normalized spacial score (nSPS) is 12.1. The van der Waals surface area contributed by atoms with Crippen molar-refractivity contribution in [2.45, 2.75) is 25.8 Å². The summed E-state index contributed by atoms with van der Waals surface area (Å²) in [5, 5.41) is 12.0. The maximum Gasteiger partial charge on any atom is 0.335 e. The molecule has 1 unspecified atom stereocenters. The van der Waals surface area contributed by atoms with Crippen LogP contribution in [0.5, 0.6) is 0 Å². The second-order valence-corrected chi connectivity index (χ2v) is 3.82. The highest BCUT2D eigenvalue weighted by Crippen LogP contribution is 2.10. The number of hydrogen-bond acceptors (Lipinski definition) is 4. The van der Waals surface area contributed by atoms with Crippen molar-refractivity contribution in [2.75, 3.05) is 19.0 Å². The first-order valence-corrected chi connectivity index (χ1v) is 5.62. The molecule has 1 aromatic heterocycles. The average Bonchev–Trinajstić information content (AvgIpc) is 2.30. The standard InChI is InChI=1S/C12H18N2O3/c1-3-4-10(8-17-2)14-11-7-9(12(15)16)5-6-13-11/h5-7,10H,3-4,8H2,1-2H3,(H,13,14)(H,15,16). The van der Waals surface area contributed by atoms with Crippen LogP contribution < -0.4 is 5.32 Å². The zero-order valence-corrected chi connectivity index (χ0v) is 10.1. The molecule has 94 valence electrons. The highest BCUT2D eigenvalue weighted by atomic mass is 16.5. The molecule has 0 saturated heterocycles. The van der Waals surface area contributed by atoms with E-state index in [4.69, 9.17) is 9.84 Å². The Kier molecular flexibility index (Phi) is 5.42. The molecular formula is C12H18N2O3. The number of methoxy groups -OCH3 is 1. The van der Waals surface area contributed by atoms with Crippen molar-refractivity contribution in [2.24, 2.45) is 0 Å². The Morgan fingerprint density at radius 2 is 2.41 bits per heavy atom. The molecule has 5 heteroatoms. The molecule has 0 fully saturated rings. The molecule has 2 N–H and O–H groups in total. The Morgan fingerprint density at radius 1 is 1.65 bits per heavy atom. The molecule has 0 aliphatic carbocycles. The molecule has 0 spiro atoms. The van der Waals surface area contributed by atoms with E-state index < -0.39 is 5.97 Å². The highest BCUT2D eigenvalue weighted by Gasteiger charge is 2.09. The molecule has 0 amide bonds. The third-order valence-electron chi connectivity index (χ3n) is 2.36. The first-order valence-electron chi connectivity index (χ1n) is 5.62. The summed E-state index contributed by atoms with van der Waals surface area (Å²) < 4.78 is 5.10. The predicted octanol–water partition coefficient (Wildman–Crippen LogP) is 2.01. The number of aromatic carboxylic acids is 1. The lowest BCUT2D eigenvalue weighted by molar-refractivity contribution is 0.0697. The fraction of sp³-hybridized carbons (Fsp3) is 0.500. The van der Waals surface area contributed by atoms with Gasteiger partial charge in [-0.2, -0.15) is 0 Å². The molecule has 1 aromatic rings. The molecule has 0 aliphatic heterocycles. The van der Waals surface area contributed by atoms with Crippen molar-refractivity contribution >= 4 is 11.8 Å². The Hall–Kier alpha value is -1.62. The van der Waals surface area contributed by atoms with Crippen molar-refractivity contribution in [1.82, 2.24) is 4.98 Å². The lowest BCUT2D eigenvalue weighted by Crippen LogP contribution is -2.25. The van der Waals surface area contributed by atoms with Crippen LogP contribution in [-0.4, -0.2) is 35.8 Å². The summed E-state index contributed by atoms with van der Waals surface area (Å²) in [5.41, 5.74) is 0.232. The first kappa shape index (κ1) is 13.4. The molecule has 1 heterocycles. The van der Waals surface area contributed by atoms with Crippen LogP contribution in [0.25, 0.3) is 0 Å². The van der Waals surface area contributed by atoms with Gasteiger partial charge in [0.1, 0.15) is 5.82 Å². The Labute approximate surface area is 101 Å². The maximum atomic E-state index is 10.8. The first-order chi connectivity index (χ1) is 8.17. The quantitative estimate of drug-likeness (QED) is 0.760. The van der Waals surface area contributed by atoms with E-state index in [2.05, 4.69) is 17.2 Å². The van der Waals surface area contributed by atoms with E-state index >= 15 is 0 Å². The van der Waals surface area contributed by atoms with E-state index in [9.17, 15) is 4.79 Å². The van der Waals surface area contributed by atoms with Crippen molar-refractivity contribution in [1.29, 1.82) is 0 Å². The van der Waals surface area contributed by atoms with Gasteiger partial charge in [0.15, 0.2) is 0 Å². The molecule has 17 heavy (non-hydrogen) atoms. The van der Waals surface area contributed by atoms with Gasteiger partial charge in [0.25, 0.3) is 0 Å². The fourth-order valence-electron chi connectivity index (χ4n) is 1.60. The number of carbonyl (C=O) groups is 1. The van der Waals surface area contributed by atoms with Crippen LogP contribution in [0.3, 0.4) is 0 Å². The topological polar surface area (TPSA) is 71.5 Å². The number of pyridine rings is 1. The Morgan fingerprint density at radius 3 is 3.00 bits per heavy atom. The summed E-state index contributed by atoms with van der Waals surface area (Å²) in [6.07, 6.45) is 3.47. The molecule has 1 rings (SSSR count). The number of aromatic nitrogens is 1. The minimum atomic E-state index is -0.950. The number of anilines is 1. The summed E-state index contributed by atoms with van der Waals surface area (Å²) in [6, 6.07) is 3.15. The SMILES string of the molecule is CCCC(COC)Nc1cc(C(=O)O)ccn1. The van der Waals surface area contributed by atoms with E-state index in [1.165, 1.54) is 18.3 Å². The predicted molar refractivity (Wildman–Crippen MR) is 65.4 cm³/mol. The van der Waals surface area contributed by atoms with Crippen molar-refractivity contribution < 1.29 is 14.6 Å². The van der Waals surface area contributed by atoms with Crippen molar-refractivity contribution in [3.05, 3.63) is 23.9 Å². The minimum Gasteiger partial charge on any atom is -0.478 e. The van der Waals surface area contributed by atoms with Gasteiger partial charge >= 0.3 is 5.97 Å². The average molecular weight is 238 g/mol. The molecule has 5 nitrogen and oxygen atoms in total. The van der Waals surface area contributed by atoms with Crippen LogP contribution in [0.4, 0.5) is 5.82 Å². The van der Waals surface area contributed by atoms with Crippen LogP contribution in [-0.2, 0) is 4.74 Å². The van der Waals surface area contributed by atoms with E-state index in [0.717, 1.165) is 12.8 Å². The van der Waals surface area contributed by atoms with Gasteiger partial charge in [-0.15, -0.1) is 0 Å². The number of nitrogens with zero attached hydrogens (tertiary/aromatic N) is 1. The van der Waals surface area contributed by atoms with Crippen LogP contribution in [0, 0.1) is 0 Å². The van der Waals surface area contributed by atoms with Gasteiger partial charge in [0.05, 0.1) is 18.2 Å². The molecule has 0 saturated carbocycles. The second kappa shape index (κ2) is 6.85. The largest absolute Gasteiger partial charge is 0.478 e. The van der Waals surface area contributed by atoms with Crippen LogP contribution in [0.15, 0.2) is 18.3 Å². The summed E-state index contributed by atoms with van der Waals surface area (Å²) in [4.78, 5) is 14.9. The summed E-state index contributed by atoms with van der Waals surface area (Å²) in [5.74, 6) is -0.380. The Balaban J connectivity index is 2.71. The van der Waals surface area contributed by atoms with Gasteiger partial charge < -0.3 is 15.2 Å². The summed E-state index contributed by atoms with van der Waals surface area (Å²) in [7, 11) is 1.64. The number of carboxylic acid groups (broad SMARTS) is 1. The van der Waals surface area contributed by atoms with E-state index in [1.54, 1.807) is 7.11 Å². The number of nitrogens with one attached hydrogen (secondary N) is 1. The van der Waals surface area contributed by atoms with Gasteiger partial charge in [0, 0.05) is 13.3 Å². The third kappa shape index (κ3) is 4.40. The fourth-order valence-corrected chi connectivity index (χ4v) is 1.60. The van der Waals surface area contributed by atoms with Crippen LogP contribution >= 0.6 is 0 Å². The number of rotatable bonds is 7. The Bertz CT molecular complexity index is 363. The van der Waals surface area contributed by atoms with E-state index in [-0.39, 0.29) is 11.6 Å². The molecule has 0 bridgehead atoms. The van der Waals surface area contributed by atoms with Gasteiger partial charge in [-0.05, 0) is 18.6 Å². The minimum absolute atomic E-state index is 0.154. The molecule has 1 atom stereocenters. The maximum absolute atomic E-state index is 10.8. The molecular weight excluding hydrogens is 220 g/mol. The molecule has 0 aliphatic rings. The summed E-state index contributed by atoms with van der Waals surface area (Å²) in [6.45, 7) is 2.66. The lowest BCUT2D eigenvalue weighted by atomic mass is 10.2. The number of ether oxygens (including phenoxy) is 1. The van der Waals surface area contributed by atoms with Crippen molar-refractivity contribution in [3.63, 3.8) is 0 Å². The van der Waals surface area contributed by atoms with Gasteiger partial charge in [-0.25, -0.2) is 9.78 Å². The van der Waals surface area contributed by atoms with Crippen molar-refractivity contribution in [3.8, 4) is 0 Å². The van der Waals surface area contributed by atoms with Crippen LogP contribution in [0.2, 0.25) is 0 Å². The highest BCUT2D eigenvalue weighted by molar-refractivity contribution is 5.88. The van der Waals surface area contributed by atoms with E-state index in [0.29, 0.717) is 12.4 Å². The van der Waals surface area contributed by atoms with Gasteiger partial charge in [0.2, 0.25) is 0 Å².